The lowest BCUT2D eigenvalue weighted by Gasteiger charge is -2.20. The monoisotopic (exact) mass is 470 g/mol. The summed E-state index contributed by atoms with van der Waals surface area (Å²) < 4.78 is 33.3. The van der Waals surface area contributed by atoms with Crippen LogP contribution < -0.4 is 11.1 Å². The summed E-state index contributed by atoms with van der Waals surface area (Å²) in [6.45, 7) is 2.63. The van der Waals surface area contributed by atoms with Crippen LogP contribution in [0.5, 0.6) is 0 Å². The Balaban J connectivity index is 1.47. The Kier molecular flexibility index (Phi) is 6.75. The second-order valence-corrected chi connectivity index (χ2v) is 10.0. The molecule has 1 fully saturated rings. The fraction of sp³-hybridized carbons (Fsp3) is 0.348. The first kappa shape index (κ1) is 22.9. The fourth-order valence-electron chi connectivity index (χ4n) is 3.91. The number of rotatable bonds is 6. The highest BCUT2D eigenvalue weighted by Gasteiger charge is 2.25. The molecule has 0 unspecified atom stereocenters. The first-order valence-corrected chi connectivity index (χ1v) is 12.3. The van der Waals surface area contributed by atoms with Gasteiger partial charge in [0.2, 0.25) is 15.9 Å². The van der Waals surface area contributed by atoms with E-state index in [1.165, 1.54) is 16.4 Å². The molecule has 0 saturated carbocycles. The second kappa shape index (κ2) is 9.72. The van der Waals surface area contributed by atoms with Crippen molar-refractivity contribution in [3.8, 4) is 11.4 Å². The van der Waals surface area contributed by atoms with Gasteiger partial charge in [-0.1, -0.05) is 42.3 Å². The fourth-order valence-corrected chi connectivity index (χ4v) is 5.43. The van der Waals surface area contributed by atoms with E-state index in [4.69, 9.17) is 4.52 Å². The Hall–Kier alpha value is -3.24. The number of anilines is 1. The number of benzene rings is 2. The standard InChI is InChI=1S/C23H26N4O5S/c1-17-8-4-5-9-20(17)22-25-32-23(29)27(22)16-21(28)24-18-10-12-19(13-11-18)33(30,31)26-14-6-2-3-7-15-26/h4-5,8-13H,2-3,6-7,14-16H2,1H3,(H,24,28). The summed E-state index contributed by atoms with van der Waals surface area (Å²) in [5.41, 5.74) is 2.01. The van der Waals surface area contributed by atoms with Gasteiger partial charge in [0.25, 0.3) is 0 Å². The number of carbonyl (C=O) groups excluding carboxylic acids is 1. The van der Waals surface area contributed by atoms with E-state index in [2.05, 4.69) is 10.5 Å². The van der Waals surface area contributed by atoms with E-state index in [0.717, 1.165) is 35.8 Å². The van der Waals surface area contributed by atoms with Crippen molar-refractivity contribution in [2.75, 3.05) is 18.4 Å². The molecule has 174 valence electrons. The lowest BCUT2D eigenvalue weighted by Crippen LogP contribution is -2.31. The molecule has 3 aromatic rings. The predicted molar refractivity (Wildman–Crippen MR) is 123 cm³/mol. The number of sulfonamides is 1. The van der Waals surface area contributed by atoms with Crippen molar-refractivity contribution < 1.29 is 17.7 Å². The third-order valence-corrected chi connectivity index (χ3v) is 7.63. The average Bonchev–Trinajstić information content (AvgIpc) is 2.99. The molecule has 10 heteroatoms. The van der Waals surface area contributed by atoms with Crippen LogP contribution in [0.2, 0.25) is 0 Å². The van der Waals surface area contributed by atoms with Gasteiger partial charge in [0, 0.05) is 24.3 Å². The van der Waals surface area contributed by atoms with E-state index >= 15 is 0 Å². The van der Waals surface area contributed by atoms with Gasteiger partial charge in [-0.05, 0) is 49.6 Å². The van der Waals surface area contributed by atoms with Crippen LogP contribution in [0.4, 0.5) is 5.69 Å². The molecule has 0 atom stereocenters. The van der Waals surface area contributed by atoms with Crippen LogP contribution in [0.15, 0.2) is 62.7 Å². The molecule has 4 rings (SSSR count). The van der Waals surface area contributed by atoms with Crippen LogP contribution in [0.3, 0.4) is 0 Å². The van der Waals surface area contributed by atoms with E-state index in [1.54, 1.807) is 18.2 Å². The highest BCUT2D eigenvalue weighted by molar-refractivity contribution is 7.89. The van der Waals surface area contributed by atoms with Gasteiger partial charge in [0.15, 0.2) is 5.82 Å². The molecule has 0 aliphatic carbocycles. The van der Waals surface area contributed by atoms with Crippen LogP contribution in [0.1, 0.15) is 31.2 Å². The van der Waals surface area contributed by atoms with E-state index in [9.17, 15) is 18.0 Å². The van der Waals surface area contributed by atoms with Crippen molar-refractivity contribution in [1.82, 2.24) is 14.0 Å². The minimum atomic E-state index is -3.56. The van der Waals surface area contributed by atoms with Crippen molar-refractivity contribution in [2.24, 2.45) is 0 Å². The molecule has 0 spiro atoms. The van der Waals surface area contributed by atoms with Gasteiger partial charge in [-0.25, -0.2) is 17.8 Å². The smallest absolute Gasteiger partial charge is 0.325 e. The van der Waals surface area contributed by atoms with Crippen LogP contribution >= 0.6 is 0 Å². The molecular formula is C23H26N4O5S. The molecule has 0 radical (unpaired) electrons. The van der Waals surface area contributed by atoms with Gasteiger partial charge in [-0.2, -0.15) is 4.31 Å². The Morgan fingerprint density at radius 2 is 1.70 bits per heavy atom. The normalized spacial score (nSPS) is 15.2. The van der Waals surface area contributed by atoms with Crippen molar-refractivity contribution in [3.05, 3.63) is 64.6 Å². The molecule has 2 heterocycles. The largest absolute Gasteiger partial charge is 0.442 e. The number of aryl methyl sites for hydroxylation is 1. The quantitative estimate of drug-likeness (QED) is 0.592. The van der Waals surface area contributed by atoms with Gasteiger partial charge in [0.05, 0.1) is 4.90 Å². The summed E-state index contributed by atoms with van der Waals surface area (Å²) in [4.78, 5) is 24.9. The summed E-state index contributed by atoms with van der Waals surface area (Å²) in [6, 6.07) is 13.4. The van der Waals surface area contributed by atoms with Crippen LogP contribution in [-0.4, -0.2) is 41.4 Å². The van der Waals surface area contributed by atoms with Crippen molar-refractivity contribution in [3.63, 3.8) is 0 Å². The Morgan fingerprint density at radius 1 is 1.03 bits per heavy atom. The lowest BCUT2D eigenvalue weighted by molar-refractivity contribution is -0.116. The minimum absolute atomic E-state index is 0.194. The first-order chi connectivity index (χ1) is 15.9. The zero-order valence-corrected chi connectivity index (χ0v) is 19.2. The third kappa shape index (κ3) is 5.07. The SMILES string of the molecule is Cc1ccccc1-c1noc(=O)n1CC(=O)Nc1ccc(S(=O)(=O)N2CCCCCC2)cc1. The molecule has 1 amide bonds. The topological polar surface area (TPSA) is 115 Å². The van der Waals surface area contributed by atoms with Crippen LogP contribution in [0.25, 0.3) is 11.4 Å². The maximum Gasteiger partial charge on any atom is 0.442 e. The Bertz CT molecular complexity index is 1290. The molecular weight excluding hydrogens is 444 g/mol. The van der Waals surface area contributed by atoms with Crippen molar-refractivity contribution in [2.45, 2.75) is 44.0 Å². The minimum Gasteiger partial charge on any atom is -0.325 e. The van der Waals surface area contributed by atoms with Crippen molar-refractivity contribution in [1.29, 1.82) is 0 Å². The summed E-state index contributed by atoms with van der Waals surface area (Å²) in [6.07, 6.45) is 3.80. The molecule has 1 aliphatic heterocycles. The first-order valence-electron chi connectivity index (χ1n) is 10.9. The number of aromatic nitrogens is 2. The molecule has 1 N–H and O–H groups in total. The van der Waals surface area contributed by atoms with Gasteiger partial charge in [-0.3, -0.25) is 9.32 Å². The molecule has 9 nitrogen and oxygen atoms in total. The Labute approximate surface area is 192 Å². The van der Waals surface area contributed by atoms with Crippen molar-refractivity contribution >= 4 is 21.6 Å². The van der Waals surface area contributed by atoms with Gasteiger partial charge < -0.3 is 5.32 Å². The maximum absolute atomic E-state index is 12.9. The molecule has 2 aromatic carbocycles. The molecule has 1 aliphatic rings. The van der Waals surface area contributed by atoms with Gasteiger partial charge >= 0.3 is 5.76 Å². The van der Waals surface area contributed by atoms with E-state index in [1.807, 2.05) is 25.1 Å². The predicted octanol–water partition coefficient (Wildman–Crippen LogP) is 3.02. The van der Waals surface area contributed by atoms with E-state index in [0.29, 0.717) is 24.3 Å². The van der Waals surface area contributed by atoms with Crippen LogP contribution in [-0.2, 0) is 21.4 Å². The van der Waals surface area contributed by atoms with Gasteiger partial charge in [-0.15, -0.1) is 0 Å². The maximum atomic E-state index is 12.9. The molecule has 33 heavy (non-hydrogen) atoms. The third-order valence-electron chi connectivity index (χ3n) is 5.71. The van der Waals surface area contributed by atoms with E-state index in [-0.39, 0.29) is 17.3 Å². The second-order valence-electron chi connectivity index (χ2n) is 8.06. The summed E-state index contributed by atoms with van der Waals surface area (Å²) in [5, 5.41) is 6.51. The molecule has 0 bridgehead atoms. The number of nitrogens with one attached hydrogen (secondary N) is 1. The Morgan fingerprint density at radius 3 is 2.36 bits per heavy atom. The molecule has 1 aromatic heterocycles. The highest BCUT2D eigenvalue weighted by Crippen LogP contribution is 2.22. The molecule has 1 saturated heterocycles. The number of hydrogen-bond acceptors (Lipinski definition) is 6. The van der Waals surface area contributed by atoms with Crippen LogP contribution in [0, 0.1) is 6.92 Å². The highest BCUT2D eigenvalue weighted by atomic mass is 32.2. The summed E-state index contributed by atoms with van der Waals surface area (Å²) in [5.74, 6) is -0.923. The van der Waals surface area contributed by atoms with Gasteiger partial charge in [0.1, 0.15) is 6.54 Å². The zero-order chi connectivity index (χ0) is 23.4. The lowest BCUT2D eigenvalue weighted by atomic mass is 10.1. The number of nitrogens with zero attached hydrogens (tertiary/aromatic N) is 3. The average molecular weight is 471 g/mol. The number of amides is 1. The number of carbonyl (C=O) groups is 1. The summed E-state index contributed by atoms with van der Waals surface area (Å²) in [7, 11) is -3.56. The summed E-state index contributed by atoms with van der Waals surface area (Å²) >= 11 is 0. The zero-order valence-electron chi connectivity index (χ0n) is 18.4. The number of hydrogen-bond donors (Lipinski definition) is 1. The van der Waals surface area contributed by atoms with E-state index < -0.39 is 21.7 Å².